The fourth-order valence-corrected chi connectivity index (χ4v) is 1.29. The van der Waals surface area contributed by atoms with Crippen LogP contribution in [0.2, 0.25) is 0 Å². The Labute approximate surface area is 99.5 Å². The number of carboxylic acids is 1. The Kier molecular flexibility index (Phi) is 4.39. The molecule has 3 N–H and O–H groups in total. The number of aromatic nitrogens is 1. The molecule has 0 spiro atoms. The molecule has 1 heterocycles. The zero-order valence-electron chi connectivity index (χ0n) is 5.79. The molecule has 0 atom stereocenters. The van der Waals surface area contributed by atoms with Gasteiger partial charge in [0.25, 0.3) is 0 Å². The minimum Gasteiger partial charge on any atom is -0.477 e. The molecule has 11 heavy (non-hydrogen) atoms. The van der Waals surface area contributed by atoms with Crippen molar-refractivity contribution in [2.45, 2.75) is 6.92 Å². The normalized spacial score (nSPS) is 8.82. The van der Waals surface area contributed by atoms with Gasteiger partial charge >= 0.3 is 5.97 Å². The molecule has 0 saturated carbocycles. The van der Waals surface area contributed by atoms with Crippen LogP contribution in [0.5, 0.6) is 0 Å². The standard InChI is InChI=1S/C5H6N2O2S.Th/c1-2-3(4(8)9)10-5(6)7-2;/h1H3,(H2,6,7)(H,8,9);. The summed E-state index contributed by atoms with van der Waals surface area (Å²) < 4.78 is 0. The number of aryl methyl sites for hydroxylation is 1. The number of carbonyl (C=O) groups is 1. The van der Waals surface area contributed by atoms with Gasteiger partial charge in [0.1, 0.15) is 4.88 Å². The van der Waals surface area contributed by atoms with Gasteiger partial charge in [-0.2, -0.15) is 0 Å². The number of hydrogen-bond donors (Lipinski definition) is 2. The molecule has 0 bridgehead atoms. The fourth-order valence-electron chi connectivity index (χ4n) is 0.616. The Morgan fingerprint density at radius 2 is 2.27 bits per heavy atom. The van der Waals surface area contributed by atoms with Crippen LogP contribution in [0.1, 0.15) is 15.4 Å². The number of aromatic carboxylic acids is 1. The molecule has 4 nitrogen and oxygen atoms in total. The van der Waals surface area contributed by atoms with E-state index in [9.17, 15) is 4.79 Å². The van der Waals surface area contributed by atoms with E-state index in [0.717, 1.165) is 11.3 Å². The van der Waals surface area contributed by atoms with E-state index in [4.69, 9.17) is 10.8 Å². The predicted octanol–water partition coefficient (Wildman–Crippen LogP) is 0.732. The molecule has 0 aromatic carbocycles. The van der Waals surface area contributed by atoms with E-state index in [1.54, 1.807) is 6.92 Å². The molecule has 0 aliphatic carbocycles. The van der Waals surface area contributed by atoms with Gasteiger partial charge in [-0.3, -0.25) is 0 Å². The Hall–Kier alpha value is 0.225. The molecule has 0 aliphatic rings. The molecule has 0 unspecified atom stereocenters. The third-order valence-electron chi connectivity index (χ3n) is 1.01. The Balaban J connectivity index is 0.000001000. The zero-order chi connectivity index (χ0) is 7.72. The molecule has 0 saturated heterocycles. The maximum atomic E-state index is 10.3. The van der Waals surface area contributed by atoms with Crippen LogP contribution < -0.4 is 5.73 Å². The molecule has 0 amide bonds. The van der Waals surface area contributed by atoms with Crippen LogP contribution in [-0.2, 0) is 0 Å². The summed E-state index contributed by atoms with van der Waals surface area (Å²) in [5.74, 6) is -0.966. The summed E-state index contributed by atoms with van der Waals surface area (Å²) in [5, 5.41) is 8.79. The monoisotopic (exact) mass is 390 g/mol. The molecule has 0 aliphatic heterocycles. The van der Waals surface area contributed by atoms with Crippen LogP contribution in [0.3, 0.4) is 0 Å². The topological polar surface area (TPSA) is 76.2 Å². The van der Waals surface area contributed by atoms with Crippen molar-refractivity contribution in [3.63, 3.8) is 0 Å². The van der Waals surface area contributed by atoms with Gasteiger partial charge in [-0.1, -0.05) is 11.3 Å². The van der Waals surface area contributed by atoms with E-state index in [1.165, 1.54) is 0 Å². The number of carboxylic acid groups (broad SMARTS) is 1. The Morgan fingerprint density at radius 1 is 1.73 bits per heavy atom. The van der Waals surface area contributed by atoms with Gasteiger partial charge in [-0.25, -0.2) is 9.78 Å². The molecule has 0 fully saturated rings. The van der Waals surface area contributed by atoms with Gasteiger partial charge in [-0.15, -0.1) is 0 Å². The second-order valence-electron chi connectivity index (χ2n) is 1.77. The van der Waals surface area contributed by atoms with Gasteiger partial charge in [0.15, 0.2) is 5.13 Å². The first-order chi connectivity index (χ1) is 4.61. The van der Waals surface area contributed by atoms with Crippen LogP contribution in [0.25, 0.3) is 0 Å². The van der Waals surface area contributed by atoms with Crippen LogP contribution in [0.15, 0.2) is 0 Å². The summed E-state index contributed by atoms with van der Waals surface area (Å²) in [6, 6.07) is 0. The van der Waals surface area contributed by atoms with Crippen LogP contribution in [-0.4, -0.2) is 16.1 Å². The van der Waals surface area contributed by atoms with Gasteiger partial charge < -0.3 is 10.8 Å². The van der Waals surface area contributed by atoms with Crippen molar-refractivity contribution in [1.29, 1.82) is 0 Å². The minimum absolute atomic E-state index is 0. The third-order valence-corrected chi connectivity index (χ3v) is 1.98. The number of rotatable bonds is 1. The first-order valence-electron chi connectivity index (χ1n) is 2.57. The van der Waals surface area contributed by atoms with E-state index in [-0.39, 0.29) is 44.8 Å². The second-order valence-corrected chi connectivity index (χ2v) is 2.80. The van der Waals surface area contributed by atoms with Crippen LogP contribution in [0.4, 0.5) is 5.13 Å². The summed E-state index contributed by atoms with van der Waals surface area (Å²) in [6.07, 6.45) is 0. The Morgan fingerprint density at radius 3 is 2.45 bits per heavy atom. The first kappa shape index (κ1) is 11.2. The minimum atomic E-state index is -0.966. The molecular weight excluding hydrogens is 384 g/mol. The smallest absolute Gasteiger partial charge is 0.347 e. The second kappa shape index (κ2) is 4.30. The van der Waals surface area contributed by atoms with Gasteiger partial charge in [0, 0.05) is 39.9 Å². The SMILES string of the molecule is Cc1nc(N)sc1C(=O)O.[Th]. The molecule has 58 valence electrons. The summed E-state index contributed by atoms with van der Waals surface area (Å²) >= 11 is 0.990. The van der Waals surface area contributed by atoms with E-state index in [1.807, 2.05) is 0 Å². The predicted molar refractivity (Wildman–Crippen MR) is 38.2 cm³/mol. The largest absolute Gasteiger partial charge is 0.477 e. The molecular formula is C5H6N2O2STh. The number of anilines is 1. The fraction of sp³-hybridized carbons (Fsp3) is 0.200. The van der Waals surface area contributed by atoms with Gasteiger partial charge in [0.05, 0.1) is 5.69 Å². The first-order valence-corrected chi connectivity index (χ1v) is 3.39. The number of nitrogens with two attached hydrogens (primary N) is 1. The van der Waals surface area contributed by atoms with Crippen LogP contribution in [0, 0.1) is 46.9 Å². The molecule has 0 radical (unpaired) electrons. The number of nitrogens with zero attached hydrogens (tertiary/aromatic N) is 1. The van der Waals surface area contributed by atoms with Crippen molar-refractivity contribution in [1.82, 2.24) is 4.98 Å². The van der Waals surface area contributed by atoms with E-state index in [2.05, 4.69) is 4.98 Å². The Bertz CT molecular complexity index is 273. The van der Waals surface area contributed by atoms with Gasteiger partial charge in [-0.05, 0) is 6.92 Å². The maximum absolute atomic E-state index is 10.3. The zero-order valence-corrected chi connectivity index (χ0v) is 10.7. The average Bonchev–Trinajstić information content (AvgIpc) is 2.10. The summed E-state index contributed by atoms with van der Waals surface area (Å²) in [7, 11) is 0. The van der Waals surface area contributed by atoms with E-state index >= 15 is 0 Å². The molecule has 6 heteroatoms. The number of nitrogen functional groups attached to an aromatic ring is 1. The molecule has 1 aromatic heterocycles. The number of hydrogen-bond acceptors (Lipinski definition) is 4. The van der Waals surface area contributed by atoms with Crippen LogP contribution >= 0.6 is 11.3 Å². The summed E-state index contributed by atoms with van der Waals surface area (Å²) in [6.45, 7) is 1.62. The van der Waals surface area contributed by atoms with Crippen molar-refractivity contribution >= 4 is 22.4 Å². The molecule has 1 rings (SSSR count). The maximum Gasteiger partial charge on any atom is 0.347 e. The van der Waals surface area contributed by atoms with Crippen molar-refractivity contribution < 1.29 is 49.8 Å². The molecule has 1 aromatic rings. The van der Waals surface area contributed by atoms with Crippen molar-refractivity contribution in [3.8, 4) is 0 Å². The summed E-state index contributed by atoms with van der Waals surface area (Å²) in [4.78, 5) is 14.3. The van der Waals surface area contributed by atoms with E-state index < -0.39 is 5.97 Å². The quantitative estimate of drug-likeness (QED) is 0.742. The third kappa shape index (κ3) is 2.63. The van der Waals surface area contributed by atoms with Crippen molar-refractivity contribution in [2.75, 3.05) is 5.73 Å². The van der Waals surface area contributed by atoms with Crippen molar-refractivity contribution in [3.05, 3.63) is 10.6 Å². The van der Waals surface area contributed by atoms with Crippen molar-refractivity contribution in [2.24, 2.45) is 0 Å². The van der Waals surface area contributed by atoms with E-state index in [0.29, 0.717) is 10.8 Å². The summed E-state index contributed by atoms with van der Waals surface area (Å²) in [5.41, 5.74) is 5.74. The van der Waals surface area contributed by atoms with Gasteiger partial charge in [0.2, 0.25) is 0 Å². The average molecular weight is 390 g/mol. The number of thiazole rings is 1.